The van der Waals surface area contributed by atoms with Crippen molar-refractivity contribution in [1.29, 1.82) is 0 Å². The Labute approximate surface area is 63.3 Å². The lowest BCUT2D eigenvalue weighted by atomic mass is 9.90. The summed E-state index contributed by atoms with van der Waals surface area (Å²) in [6, 6.07) is 0. The molecule has 0 aromatic heterocycles. The van der Waals surface area contributed by atoms with Crippen LogP contribution in [0.15, 0.2) is 0 Å². The zero-order valence-corrected chi connectivity index (χ0v) is 6.26. The smallest absolute Gasteiger partial charge is 0.310 e. The number of thioether (sulfide) groups is 1. The summed E-state index contributed by atoms with van der Waals surface area (Å²) in [6.45, 7) is 0. The van der Waals surface area contributed by atoms with Crippen LogP contribution in [0, 0.1) is 5.92 Å². The zero-order valence-electron chi connectivity index (χ0n) is 5.45. The monoisotopic (exact) mass is 156 g/mol. The fourth-order valence-electron chi connectivity index (χ4n) is 2.26. The summed E-state index contributed by atoms with van der Waals surface area (Å²) >= 11 is 1.97. The second-order valence-electron chi connectivity index (χ2n) is 3.28. The van der Waals surface area contributed by atoms with E-state index in [1.165, 1.54) is 0 Å². The molecule has 3 aliphatic heterocycles. The third-order valence-corrected chi connectivity index (χ3v) is 4.41. The third-order valence-electron chi connectivity index (χ3n) is 2.69. The normalized spacial score (nSPS) is 55.8. The molecule has 0 N–H and O–H groups in total. The van der Waals surface area contributed by atoms with Gasteiger partial charge in [0.15, 0.2) is 0 Å². The molecule has 0 amide bonds. The van der Waals surface area contributed by atoms with Gasteiger partial charge >= 0.3 is 5.97 Å². The van der Waals surface area contributed by atoms with Gasteiger partial charge in [-0.15, -0.1) is 0 Å². The molecule has 3 heterocycles. The molecule has 4 unspecified atom stereocenters. The van der Waals surface area contributed by atoms with E-state index in [-0.39, 0.29) is 11.9 Å². The Morgan fingerprint density at radius 1 is 1.50 bits per heavy atom. The number of carbonyl (C=O) groups is 1. The SMILES string of the molecule is O=C1OC2CC3CC1C2S3. The molecular weight excluding hydrogens is 148 g/mol. The molecule has 0 aromatic carbocycles. The highest BCUT2D eigenvalue weighted by molar-refractivity contribution is 8.01. The standard InChI is InChI=1S/C7H8O2S/c8-7-4-1-3-2-5(9-7)6(4)10-3/h3-6H,1-2H2. The lowest BCUT2D eigenvalue weighted by Crippen LogP contribution is -2.21. The number of hydrogen-bond donors (Lipinski definition) is 0. The largest absolute Gasteiger partial charge is 0.461 e. The van der Waals surface area contributed by atoms with Crippen LogP contribution in [0.4, 0.5) is 0 Å². The van der Waals surface area contributed by atoms with Gasteiger partial charge in [0.1, 0.15) is 6.10 Å². The van der Waals surface area contributed by atoms with E-state index in [1.807, 2.05) is 11.8 Å². The molecule has 0 spiro atoms. The number of ether oxygens (including phenoxy) is 1. The quantitative estimate of drug-likeness (QED) is 0.485. The molecule has 0 radical (unpaired) electrons. The lowest BCUT2D eigenvalue weighted by molar-refractivity contribution is -0.143. The molecule has 3 heteroatoms. The molecular formula is C7H8O2S. The van der Waals surface area contributed by atoms with Crippen molar-refractivity contribution in [3.63, 3.8) is 0 Å². The van der Waals surface area contributed by atoms with Crippen LogP contribution in [0.2, 0.25) is 0 Å². The first kappa shape index (κ1) is 5.47. The molecule has 10 heavy (non-hydrogen) atoms. The Kier molecular flexibility index (Phi) is 0.833. The van der Waals surface area contributed by atoms with Crippen molar-refractivity contribution in [3.8, 4) is 0 Å². The van der Waals surface area contributed by atoms with Gasteiger partial charge in [-0.25, -0.2) is 0 Å². The van der Waals surface area contributed by atoms with Gasteiger partial charge in [0.05, 0.1) is 11.2 Å². The molecule has 0 aromatic rings. The summed E-state index contributed by atoms with van der Waals surface area (Å²) < 4.78 is 5.18. The molecule has 0 saturated carbocycles. The van der Waals surface area contributed by atoms with Crippen LogP contribution in [0.1, 0.15) is 12.8 Å². The second kappa shape index (κ2) is 1.52. The summed E-state index contributed by atoms with van der Waals surface area (Å²) in [7, 11) is 0. The van der Waals surface area contributed by atoms with E-state index < -0.39 is 0 Å². The third kappa shape index (κ3) is 0.470. The lowest BCUT2D eigenvalue weighted by Gasteiger charge is -2.09. The van der Waals surface area contributed by atoms with E-state index in [0.717, 1.165) is 18.1 Å². The maximum atomic E-state index is 11.1. The molecule has 2 nitrogen and oxygen atoms in total. The molecule has 3 rings (SSSR count). The zero-order chi connectivity index (χ0) is 6.72. The minimum atomic E-state index is 0.0718. The van der Waals surface area contributed by atoms with Crippen LogP contribution >= 0.6 is 11.8 Å². The van der Waals surface area contributed by atoms with Crippen molar-refractivity contribution < 1.29 is 9.53 Å². The number of hydrogen-bond acceptors (Lipinski definition) is 3. The van der Waals surface area contributed by atoms with E-state index in [4.69, 9.17) is 4.74 Å². The van der Waals surface area contributed by atoms with Crippen LogP contribution < -0.4 is 0 Å². The highest BCUT2D eigenvalue weighted by Crippen LogP contribution is 2.54. The Morgan fingerprint density at radius 3 is 3.00 bits per heavy atom. The topological polar surface area (TPSA) is 26.3 Å². The van der Waals surface area contributed by atoms with Crippen molar-refractivity contribution in [1.82, 2.24) is 0 Å². The highest BCUT2D eigenvalue weighted by Gasteiger charge is 2.57. The fourth-order valence-corrected chi connectivity index (χ4v) is 4.08. The minimum Gasteiger partial charge on any atom is -0.461 e. The molecule has 3 fully saturated rings. The first-order valence-corrected chi connectivity index (χ1v) is 4.65. The van der Waals surface area contributed by atoms with Crippen molar-refractivity contribution in [3.05, 3.63) is 0 Å². The Morgan fingerprint density at radius 2 is 2.40 bits per heavy atom. The Bertz CT molecular complexity index is 202. The van der Waals surface area contributed by atoms with Gasteiger partial charge in [0, 0.05) is 5.25 Å². The van der Waals surface area contributed by atoms with Crippen molar-refractivity contribution in [2.24, 2.45) is 5.92 Å². The van der Waals surface area contributed by atoms with Crippen molar-refractivity contribution in [2.45, 2.75) is 29.4 Å². The van der Waals surface area contributed by atoms with E-state index in [9.17, 15) is 4.79 Å². The van der Waals surface area contributed by atoms with Crippen LogP contribution in [0.3, 0.4) is 0 Å². The van der Waals surface area contributed by atoms with Gasteiger partial charge in [-0.2, -0.15) is 11.8 Å². The van der Waals surface area contributed by atoms with E-state index in [0.29, 0.717) is 11.4 Å². The average molecular weight is 156 g/mol. The number of carbonyl (C=O) groups excluding carboxylic acids is 1. The van der Waals surface area contributed by atoms with Gasteiger partial charge in [0.2, 0.25) is 0 Å². The van der Waals surface area contributed by atoms with E-state index >= 15 is 0 Å². The van der Waals surface area contributed by atoms with Gasteiger partial charge < -0.3 is 4.74 Å². The van der Waals surface area contributed by atoms with Gasteiger partial charge in [-0.1, -0.05) is 0 Å². The maximum Gasteiger partial charge on any atom is 0.310 e. The summed E-state index contributed by atoms with van der Waals surface area (Å²) in [5, 5.41) is 1.28. The average Bonchev–Trinajstić information content (AvgIpc) is 2.44. The molecule has 3 aliphatic rings. The summed E-state index contributed by atoms with van der Waals surface area (Å²) in [6.07, 6.45) is 2.50. The number of rotatable bonds is 0. The summed E-state index contributed by atoms with van der Waals surface area (Å²) in [5.74, 6) is 0.344. The fraction of sp³-hybridized carbons (Fsp3) is 0.857. The molecule has 0 aliphatic carbocycles. The van der Waals surface area contributed by atoms with Crippen LogP contribution in [0.5, 0.6) is 0 Å². The Hall–Kier alpha value is -0.180. The van der Waals surface area contributed by atoms with Crippen LogP contribution in [-0.2, 0) is 9.53 Å². The number of esters is 1. The Balaban J connectivity index is 2.05. The molecule has 2 bridgehead atoms. The van der Waals surface area contributed by atoms with Gasteiger partial charge in [-0.05, 0) is 12.8 Å². The first-order valence-electron chi connectivity index (χ1n) is 3.70. The van der Waals surface area contributed by atoms with E-state index in [1.54, 1.807) is 0 Å². The van der Waals surface area contributed by atoms with Gasteiger partial charge in [0.25, 0.3) is 0 Å². The van der Waals surface area contributed by atoms with E-state index in [2.05, 4.69) is 0 Å². The minimum absolute atomic E-state index is 0.0718. The van der Waals surface area contributed by atoms with Crippen LogP contribution in [-0.4, -0.2) is 22.6 Å². The molecule has 4 atom stereocenters. The molecule has 54 valence electrons. The predicted molar refractivity (Wildman–Crippen MR) is 37.8 cm³/mol. The number of fused-ring (bicyclic) bond motifs is 1. The van der Waals surface area contributed by atoms with Crippen molar-refractivity contribution >= 4 is 17.7 Å². The summed E-state index contributed by atoms with van der Waals surface area (Å²) in [5.41, 5.74) is 0. The van der Waals surface area contributed by atoms with Crippen LogP contribution in [0.25, 0.3) is 0 Å². The van der Waals surface area contributed by atoms with Gasteiger partial charge in [-0.3, -0.25) is 4.79 Å². The maximum absolute atomic E-state index is 11.1. The summed E-state index contributed by atoms with van der Waals surface area (Å²) in [4.78, 5) is 11.1. The highest BCUT2D eigenvalue weighted by atomic mass is 32.2. The molecule has 3 saturated heterocycles. The predicted octanol–water partition coefficient (Wildman–Crippen LogP) is 0.806. The second-order valence-corrected chi connectivity index (χ2v) is 4.76. The van der Waals surface area contributed by atoms with Crippen molar-refractivity contribution in [2.75, 3.05) is 0 Å². The first-order chi connectivity index (χ1) is 4.84.